The van der Waals surface area contributed by atoms with E-state index in [1.165, 1.54) is 0 Å². The first-order valence-electron chi connectivity index (χ1n) is 15.2. The second-order valence-corrected chi connectivity index (χ2v) is 14.1. The molecule has 0 spiro atoms. The molecule has 2 saturated heterocycles. The molecular weight excluding hydrogens is 546 g/mol. The second kappa shape index (κ2) is 12.8. The highest BCUT2D eigenvalue weighted by molar-refractivity contribution is 5.88. The summed E-state index contributed by atoms with van der Waals surface area (Å²) in [4.78, 5) is 40.5. The fourth-order valence-corrected chi connectivity index (χ4v) is 6.59. The van der Waals surface area contributed by atoms with Crippen LogP contribution in [0, 0.1) is 11.3 Å². The van der Waals surface area contributed by atoms with Crippen LogP contribution in [-0.2, 0) is 26.3 Å². The van der Waals surface area contributed by atoms with Crippen molar-refractivity contribution in [3.63, 3.8) is 0 Å². The zero-order chi connectivity index (χ0) is 31.7. The molecule has 5 atom stereocenters. The molecule has 1 amide bonds. The Labute approximate surface area is 256 Å². The third-order valence-corrected chi connectivity index (χ3v) is 8.62. The summed E-state index contributed by atoms with van der Waals surface area (Å²) in [6.45, 7) is 13.3. The van der Waals surface area contributed by atoms with Gasteiger partial charge in [0.1, 0.15) is 18.0 Å². The summed E-state index contributed by atoms with van der Waals surface area (Å²) >= 11 is 0. The van der Waals surface area contributed by atoms with Gasteiger partial charge in [0, 0.05) is 67.6 Å². The average molecular weight is 596 g/mol. The quantitative estimate of drug-likeness (QED) is 0.452. The van der Waals surface area contributed by atoms with Crippen molar-refractivity contribution in [1.82, 2.24) is 20.2 Å². The van der Waals surface area contributed by atoms with Gasteiger partial charge in [0.15, 0.2) is 0 Å². The molecule has 0 saturated carbocycles. The summed E-state index contributed by atoms with van der Waals surface area (Å²) in [7, 11) is 5.42. The van der Waals surface area contributed by atoms with Crippen molar-refractivity contribution >= 4 is 17.7 Å². The first kappa shape index (κ1) is 32.7. The van der Waals surface area contributed by atoms with Gasteiger partial charge in [-0.25, -0.2) is 14.8 Å². The number of nitrogens with one attached hydrogen (secondary N) is 1. The predicted molar refractivity (Wildman–Crippen MR) is 166 cm³/mol. The molecule has 2 aromatic rings. The molecule has 10 nitrogen and oxygen atoms in total. The fourth-order valence-electron chi connectivity index (χ4n) is 6.59. The molecule has 0 aromatic carbocycles. The Morgan fingerprint density at radius 1 is 1.14 bits per heavy atom. The molecule has 2 aliphatic rings. The number of amides is 1. The second-order valence-electron chi connectivity index (χ2n) is 14.1. The normalized spacial score (nSPS) is 24.6. The maximum atomic E-state index is 14.4. The number of likely N-dealkylation sites (tertiary alicyclic amines) is 1. The highest BCUT2D eigenvalue weighted by Gasteiger charge is 2.59. The number of rotatable bonds is 8. The molecule has 0 aliphatic carbocycles. The summed E-state index contributed by atoms with van der Waals surface area (Å²) in [5.74, 6) is -0.532. The number of methoxy groups -OCH3 is 1. The molecule has 4 rings (SSSR count). The van der Waals surface area contributed by atoms with Crippen molar-refractivity contribution in [2.75, 3.05) is 32.7 Å². The van der Waals surface area contributed by atoms with Crippen LogP contribution in [0.3, 0.4) is 0 Å². The van der Waals surface area contributed by atoms with E-state index >= 15 is 0 Å². The predicted octanol–water partition coefficient (Wildman–Crippen LogP) is 4.58. The largest absolute Gasteiger partial charge is 0.481 e. The number of carbonyl (C=O) groups is 2. The lowest BCUT2D eigenvalue weighted by atomic mass is 9.72. The number of pyridine rings is 2. The molecule has 0 radical (unpaired) electrons. The van der Waals surface area contributed by atoms with Crippen LogP contribution < -0.4 is 15.0 Å². The minimum Gasteiger partial charge on any atom is -0.481 e. The van der Waals surface area contributed by atoms with Gasteiger partial charge in [-0.2, -0.15) is 0 Å². The summed E-state index contributed by atoms with van der Waals surface area (Å²) in [5.41, 5.74) is 1.95. The lowest BCUT2D eigenvalue weighted by Gasteiger charge is -2.36. The van der Waals surface area contributed by atoms with E-state index < -0.39 is 41.5 Å². The van der Waals surface area contributed by atoms with E-state index in [0.717, 1.165) is 29.7 Å². The average Bonchev–Trinajstić information content (AvgIpc) is 3.31. The Hall–Kier alpha value is -3.24. The van der Waals surface area contributed by atoms with Crippen LogP contribution in [-0.4, -0.2) is 77.9 Å². The zero-order valence-electron chi connectivity index (χ0n) is 27.2. The van der Waals surface area contributed by atoms with E-state index in [0.29, 0.717) is 31.3 Å². The number of anilines is 1. The summed E-state index contributed by atoms with van der Waals surface area (Å²) in [5, 5.41) is 14.5. The van der Waals surface area contributed by atoms with Crippen LogP contribution >= 0.6 is 0 Å². The van der Waals surface area contributed by atoms with E-state index in [1.807, 2.05) is 64.0 Å². The smallest absolute Gasteiger partial charge is 0.326 e. The van der Waals surface area contributed by atoms with Crippen LogP contribution in [0.5, 0.6) is 5.88 Å². The van der Waals surface area contributed by atoms with Crippen LogP contribution in [0.15, 0.2) is 30.5 Å². The van der Waals surface area contributed by atoms with Gasteiger partial charge in [0.2, 0.25) is 5.88 Å². The van der Waals surface area contributed by atoms with Crippen molar-refractivity contribution in [2.45, 2.75) is 97.0 Å². The minimum atomic E-state index is -1.07. The number of aromatic nitrogens is 2. The molecule has 236 valence electrons. The number of carboxylic acid groups (broad SMARTS) is 1. The van der Waals surface area contributed by atoms with E-state index in [2.05, 4.69) is 31.1 Å². The Bertz CT molecular complexity index is 1300. The Kier molecular flexibility index (Phi) is 9.71. The van der Waals surface area contributed by atoms with E-state index in [1.54, 1.807) is 18.2 Å². The lowest BCUT2D eigenvalue weighted by Crippen LogP contribution is -2.51. The van der Waals surface area contributed by atoms with Crippen LogP contribution in [0.1, 0.15) is 83.7 Å². The highest BCUT2D eigenvalue weighted by Crippen LogP contribution is 2.50. The SMILES string of the molecule is COc1nc(C(C)(C)C)ccc1CN[C@H]1[C@H](C(C)(C)C)[C@@H](C(=O)O)N(C(=O)[C@@H]2CCCCO2)[C@H]1c1cccnc1N(C)C. The molecule has 43 heavy (non-hydrogen) atoms. The van der Waals surface area contributed by atoms with Crippen molar-refractivity contribution < 1.29 is 24.2 Å². The number of hydrogen-bond donors (Lipinski definition) is 2. The standard InChI is InChI=1S/C33H49N5O5/c1-32(2,3)23-16-15-20(29(36-23)42-9)19-35-25-24(33(4,5)6)27(31(40)41)38(30(39)22-14-10-11-18-43-22)26(25)21-13-12-17-34-28(21)37(7)8/h12-13,15-17,22,24-27,35H,10-11,14,18-19H2,1-9H3,(H,40,41)/t22-,24-,25-,26-,27-/m0/s1. The first-order valence-corrected chi connectivity index (χ1v) is 15.2. The molecular formula is C33H49N5O5. The number of carbonyl (C=O) groups excluding carboxylic acids is 1. The molecule has 2 aliphatic heterocycles. The minimum absolute atomic E-state index is 0.146. The fraction of sp³-hybridized carbons (Fsp3) is 0.636. The van der Waals surface area contributed by atoms with Gasteiger partial charge >= 0.3 is 5.97 Å². The number of ether oxygens (including phenoxy) is 2. The first-order chi connectivity index (χ1) is 20.2. The van der Waals surface area contributed by atoms with Crippen molar-refractivity contribution in [2.24, 2.45) is 11.3 Å². The molecule has 4 heterocycles. The summed E-state index contributed by atoms with van der Waals surface area (Å²) < 4.78 is 11.6. The third kappa shape index (κ3) is 6.80. The number of aliphatic carboxylic acids is 1. The molecule has 0 unspecified atom stereocenters. The van der Waals surface area contributed by atoms with Gasteiger partial charge in [-0.05, 0) is 36.8 Å². The van der Waals surface area contributed by atoms with Crippen LogP contribution in [0.4, 0.5) is 5.82 Å². The van der Waals surface area contributed by atoms with Gasteiger partial charge < -0.3 is 29.7 Å². The monoisotopic (exact) mass is 595 g/mol. The number of carboxylic acids is 1. The van der Waals surface area contributed by atoms with E-state index in [-0.39, 0.29) is 11.3 Å². The van der Waals surface area contributed by atoms with Gasteiger partial charge in [0.25, 0.3) is 5.91 Å². The van der Waals surface area contributed by atoms with Gasteiger partial charge in [0.05, 0.1) is 13.2 Å². The maximum Gasteiger partial charge on any atom is 0.326 e. The van der Waals surface area contributed by atoms with Gasteiger partial charge in [-0.3, -0.25) is 4.79 Å². The number of nitrogens with zero attached hydrogens (tertiary/aromatic N) is 4. The zero-order valence-corrected chi connectivity index (χ0v) is 27.2. The molecule has 0 bridgehead atoms. The van der Waals surface area contributed by atoms with Crippen LogP contribution in [0.25, 0.3) is 0 Å². The molecule has 2 N–H and O–H groups in total. The summed E-state index contributed by atoms with van der Waals surface area (Å²) in [6.07, 6.45) is 3.37. The Balaban J connectivity index is 1.86. The molecule has 2 aromatic heterocycles. The summed E-state index contributed by atoms with van der Waals surface area (Å²) in [6, 6.07) is 5.71. The van der Waals surface area contributed by atoms with Gasteiger partial charge in [-0.15, -0.1) is 0 Å². The van der Waals surface area contributed by atoms with Crippen LogP contribution in [0.2, 0.25) is 0 Å². The highest BCUT2D eigenvalue weighted by atomic mass is 16.5. The Morgan fingerprint density at radius 2 is 1.86 bits per heavy atom. The van der Waals surface area contributed by atoms with Gasteiger partial charge in [-0.1, -0.05) is 53.7 Å². The van der Waals surface area contributed by atoms with Crippen molar-refractivity contribution in [1.29, 1.82) is 0 Å². The van der Waals surface area contributed by atoms with Crippen molar-refractivity contribution in [3.05, 3.63) is 47.3 Å². The number of hydrogen-bond acceptors (Lipinski definition) is 8. The van der Waals surface area contributed by atoms with E-state index in [9.17, 15) is 14.7 Å². The third-order valence-electron chi connectivity index (χ3n) is 8.62. The van der Waals surface area contributed by atoms with E-state index in [4.69, 9.17) is 14.5 Å². The molecule has 2 fully saturated rings. The lowest BCUT2D eigenvalue weighted by molar-refractivity contribution is -0.159. The topological polar surface area (TPSA) is 117 Å². The molecule has 10 heteroatoms. The Morgan fingerprint density at radius 3 is 2.42 bits per heavy atom. The maximum absolute atomic E-state index is 14.4. The van der Waals surface area contributed by atoms with Crippen molar-refractivity contribution in [3.8, 4) is 5.88 Å².